The summed E-state index contributed by atoms with van der Waals surface area (Å²) in [5.41, 5.74) is 0.0806. The van der Waals surface area contributed by atoms with Crippen LogP contribution in [0.15, 0.2) is 48.5 Å². The molecule has 1 fully saturated rings. The number of hydrogen-bond donors (Lipinski definition) is 1. The van der Waals surface area contributed by atoms with E-state index in [0.29, 0.717) is 27.6 Å². The average molecular weight is 571 g/mol. The van der Waals surface area contributed by atoms with Gasteiger partial charge in [0.15, 0.2) is 9.84 Å². The summed E-state index contributed by atoms with van der Waals surface area (Å²) in [6, 6.07) is 13.1. The van der Waals surface area contributed by atoms with Gasteiger partial charge < -0.3 is 14.7 Å². The van der Waals surface area contributed by atoms with E-state index in [0.717, 1.165) is 0 Å². The second kappa shape index (κ2) is 10.9. The molecule has 1 aliphatic rings. The van der Waals surface area contributed by atoms with Crippen molar-refractivity contribution in [2.75, 3.05) is 5.75 Å². The standard InChI is InChI=1S/C27H33Cl2NO6S/c1-6-21(16-37(34,35)26(2,3)4)30-25(33)22(15-23(31)32)36-24(17-8-7-9-20(29)14-17)27(30,5)18-10-12-19(28)13-11-18/h7-14,21-22,24H,6,15-16H2,1-5H3,(H,31,32)/t21?,22-,24+,27+/m0/s1. The van der Waals surface area contributed by atoms with Crippen LogP contribution in [0.2, 0.25) is 10.0 Å². The molecular formula is C27H33Cl2NO6S. The molecule has 0 bridgehead atoms. The van der Waals surface area contributed by atoms with Crippen LogP contribution in [0, 0.1) is 0 Å². The number of hydrogen-bond acceptors (Lipinski definition) is 5. The lowest BCUT2D eigenvalue weighted by atomic mass is 9.78. The van der Waals surface area contributed by atoms with Crippen LogP contribution in [0.1, 0.15) is 64.7 Å². The molecule has 202 valence electrons. The van der Waals surface area contributed by atoms with Crippen LogP contribution in [0.3, 0.4) is 0 Å². The first-order valence-electron chi connectivity index (χ1n) is 12.1. The monoisotopic (exact) mass is 569 g/mol. The summed E-state index contributed by atoms with van der Waals surface area (Å²) in [5.74, 6) is -2.06. The van der Waals surface area contributed by atoms with Gasteiger partial charge in [-0.15, -0.1) is 0 Å². The number of nitrogens with zero attached hydrogens (tertiary/aromatic N) is 1. The molecule has 2 aromatic rings. The van der Waals surface area contributed by atoms with Crippen molar-refractivity contribution in [3.63, 3.8) is 0 Å². The van der Waals surface area contributed by atoms with Crippen molar-refractivity contribution in [1.29, 1.82) is 0 Å². The topological polar surface area (TPSA) is 101 Å². The minimum atomic E-state index is -3.64. The summed E-state index contributed by atoms with van der Waals surface area (Å²) in [6.07, 6.45) is -2.40. The largest absolute Gasteiger partial charge is 0.481 e. The minimum absolute atomic E-state index is 0.288. The molecule has 10 heteroatoms. The van der Waals surface area contributed by atoms with Gasteiger partial charge in [-0.3, -0.25) is 9.59 Å². The van der Waals surface area contributed by atoms with Gasteiger partial charge in [0.1, 0.15) is 12.2 Å². The van der Waals surface area contributed by atoms with Gasteiger partial charge in [-0.2, -0.15) is 0 Å². The molecular weight excluding hydrogens is 537 g/mol. The summed E-state index contributed by atoms with van der Waals surface area (Å²) < 4.78 is 31.9. The van der Waals surface area contributed by atoms with Gasteiger partial charge in [-0.25, -0.2) is 8.42 Å². The number of halogens is 2. The smallest absolute Gasteiger partial charge is 0.306 e. The maximum Gasteiger partial charge on any atom is 0.306 e. The molecule has 1 unspecified atom stereocenters. The van der Waals surface area contributed by atoms with Crippen LogP contribution in [-0.2, 0) is 29.7 Å². The molecule has 4 atom stereocenters. The molecule has 2 aromatic carbocycles. The molecule has 3 rings (SSSR count). The number of carboxylic acids is 1. The first kappa shape index (κ1) is 29.4. The van der Waals surface area contributed by atoms with Crippen LogP contribution in [0.4, 0.5) is 0 Å². The maximum atomic E-state index is 14.0. The highest BCUT2D eigenvalue weighted by Gasteiger charge is 2.55. The predicted molar refractivity (Wildman–Crippen MR) is 145 cm³/mol. The minimum Gasteiger partial charge on any atom is -0.481 e. The molecule has 37 heavy (non-hydrogen) atoms. The maximum absolute atomic E-state index is 14.0. The zero-order valence-corrected chi connectivity index (χ0v) is 23.9. The molecule has 0 aromatic heterocycles. The molecule has 0 spiro atoms. The zero-order valence-electron chi connectivity index (χ0n) is 21.6. The van der Waals surface area contributed by atoms with Gasteiger partial charge in [0.2, 0.25) is 0 Å². The lowest BCUT2D eigenvalue weighted by Gasteiger charge is -2.55. The quantitative estimate of drug-likeness (QED) is 0.441. The fraction of sp³-hybridized carbons (Fsp3) is 0.481. The molecule has 1 N–H and O–H groups in total. The number of amides is 1. The second-order valence-corrected chi connectivity index (χ2v) is 14.1. The average Bonchev–Trinajstić information content (AvgIpc) is 2.79. The number of aliphatic carboxylic acids is 1. The van der Waals surface area contributed by atoms with E-state index in [2.05, 4.69) is 0 Å². The van der Waals surface area contributed by atoms with Crippen molar-refractivity contribution < 1.29 is 27.9 Å². The van der Waals surface area contributed by atoms with Gasteiger partial charge in [0.25, 0.3) is 5.91 Å². The number of carbonyl (C=O) groups is 2. The van der Waals surface area contributed by atoms with Crippen molar-refractivity contribution in [2.45, 2.75) is 76.0 Å². The highest BCUT2D eigenvalue weighted by Crippen LogP contribution is 2.49. The fourth-order valence-corrected chi connectivity index (χ4v) is 6.46. The Morgan fingerprint density at radius 1 is 1.14 bits per heavy atom. The summed E-state index contributed by atoms with van der Waals surface area (Å²) in [7, 11) is -3.64. The van der Waals surface area contributed by atoms with E-state index < -0.39 is 56.7 Å². The van der Waals surface area contributed by atoms with Crippen LogP contribution >= 0.6 is 23.2 Å². The molecule has 7 nitrogen and oxygen atoms in total. The molecule has 0 aliphatic carbocycles. The Morgan fingerprint density at radius 3 is 2.27 bits per heavy atom. The fourth-order valence-electron chi connectivity index (χ4n) is 4.75. The Bertz CT molecular complexity index is 1260. The van der Waals surface area contributed by atoms with Crippen molar-refractivity contribution in [2.24, 2.45) is 0 Å². The lowest BCUT2D eigenvalue weighted by molar-refractivity contribution is -0.200. The van der Waals surface area contributed by atoms with E-state index in [1.54, 1.807) is 69.3 Å². The predicted octanol–water partition coefficient (Wildman–Crippen LogP) is 5.64. The molecule has 0 radical (unpaired) electrons. The van der Waals surface area contributed by atoms with E-state index in [1.165, 1.54) is 4.90 Å². The lowest BCUT2D eigenvalue weighted by Crippen LogP contribution is -2.65. The van der Waals surface area contributed by atoms with Gasteiger partial charge in [0, 0.05) is 16.1 Å². The highest BCUT2D eigenvalue weighted by atomic mass is 35.5. The van der Waals surface area contributed by atoms with Crippen LogP contribution in [0.5, 0.6) is 0 Å². The molecule has 0 saturated carbocycles. The Hall–Kier alpha value is -2.13. The Balaban J connectivity index is 2.30. The number of morpholine rings is 1. The third kappa shape index (κ3) is 5.98. The molecule has 1 saturated heterocycles. The molecule has 1 amide bonds. The Labute approximate surface area is 228 Å². The number of benzene rings is 2. The number of ether oxygens (including phenoxy) is 1. The SMILES string of the molecule is CCC(CS(=O)(=O)C(C)(C)C)N1C(=O)[C@H](CC(=O)O)O[C@H](c2cccc(Cl)c2)[C@@]1(C)c1ccc(Cl)cc1. The van der Waals surface area contributed by atoms with Crippen LogP contribution in [0.25, 0.3) is 0 Å². The number of sulfone groups is 1. The first-order chi connectivity index (χ1) is 17.1. The zero-order chi connectivity index (χ0) is 27.8. The Morgan fingerprint density at radius 2 is 1.76 bits per heavy atom. The third-order valence-corrected chi connectivity index (χ3v) is 10.1. The third-order valence-electron chi connectivity index (χ3n) is 6.95. The van der Waals surface area contributed by atoms with Crippen molar-refractivity contribution >= 4 is 44.9 Å². The van der Waals surface area contributed by atoms with Crippen molar-refractivity contribution in [3.05, 3.63) is 69.7 Å². The second-order valence-electron chi connectivity index (χ2n) is 10.5. The molecule has 1 aliphatic heterocycles. The summed E-state index contributed by atoms with van der Waals surface area (Å²) in [6.45, 7) is 8.49. The van der Waals surface area contributed by atoms with Gasteiger partial charge in [-0.1, -0.05) is 54.4 Å². The van der Waals surface area contributed by atoms with Gasteiger partial charge in [0.05, 0.1) is 22.5 Å². The number of carbonyl (C=O) groups excluding carboxylic acids is 1. The molecule has 1 heterocycles. The van der Waals surface area contributed by atoms with Gasteiger partial charge in [-0.05, 0) is 69.5 Å². The number of rotatable bonds is 8. The first-order valence-corrected chi connectivity index (χ1v) is 14.5. The highest BCUT2D eigenvalue weighted by molar-refractivity contribution is 7.92. The van der Waals surface area contributed by atoms with E-state index in [4.69, 9.17) is 27.9 Å². The van der Waals surface area contributed by atoms with E-state index >= 15 is 0 Å². The summed E-state index contributed by atoms with van der Waals surface area (Å²) >= 11 is 12.5. The van der Waals surface area contributed by atoms with Crippen LogP contribution in [-0.4, -0.2) is 52.9 Å². The summed E-state index contributed by atoms with van der Waals surface area (Å²) in [4.78, 5) is 27.2. The Kier molecular flexibility index (Phi) is 8.69. The van der Waals surface area contributed by atoms with Crippen molar-refractivity contribution in [3.8, 4) is 0 Å². The number of carboxylic acid groups (broad SMARTS) is 1. The summed E-state index contributed by atoms with van der Waals surface area (Å²) in [5, 5.41) is 10.5. The van der Waals surface area contributed by atoms with Crippen LogP contribution < -0.4 is 0 Å². The van der Waals surface area contributed by atoms with E-state index in [1.807, 2.05) is 13.8 Å². The van der Waals surface area contributed by atoms with Gasteiger partial charge >= 0.3 is 5.97 Å². The van der Waals surface area contributed by atoms with Crippen molar-refractivity contribution in [1.82, 2.24) is 4.90 Å². The normalized spacial score (nSPS) is 23.6. The van der Waals surface area contributed by atoms with E-state index in [-0.39, 0.29) is 5.75 Å². The van der Waals surface area contributed by atoms with E-state index in [9.17, 15) is 23.1 Å².